The van der Waals surface area contributed by atoms with Gasteiger partial charge < -0.3 is 25.8 Å². The predicted octanol–water partition coefficient (Wildman–Crippen LogP) is 4.96. The second-order valence-electron chi connectivity index (χ2n) is 9.84. The van der Waals surface area contributed by atoms with Crippen molar-refractivity contribution in [1.29, 1.82) is 0 Å². The Morgan fingerprint density at radius 1 is 0.949 bits per heavy atom. The Balaban J connectivity index is 1.54. The molecule has 1 aromatic heterocycles. The fourth-order valence-corrected chi connectivity index (χ4v) is 3.55. The number of amides is 3. The largest absolute Gasteiger partial charge is 0.457 e. The average molecular weight is 537 g/mol. The van der Waals surface area contributed by atoms with Crippen LogP contribution in [0.15, 0.2) is 66.7 Å². The summed E-state index contributed by atoms with van der Waals surface area (Å²) in [5.41, 5.74) is 6.36. The number of ether oxygens (including phenoxy) is 2. The normalized spacial score (nSPS) is 11.8. The van der Waals surface area contributed by atoms with E-state index in [0.717, 1.165) is 5.56 Å². The molecule has 0 aliphatic rings. The van der Waals surface area contributed by atoms with Gasteiger partial charge in [-0.15, -0.1) is 0 Å². The van der Waals surface area contributed by atoms with Gasteiger partial charge in [-0.3, -0.25) is 9.59 Å². The lowest BCUT2D eigenvalue weighted by Gasteiger charge is -2.19. The van der Waals surface area contributed by atoms with Crippen LogP contribution >= 0.6 is 0 Å². The molecule has 3 amide bonds. The summed E-state index contributed by atoms with van der Waals surface area (Å²) < 4.78 is 24.0. The van der Waals surface area contributed by atoms with Crippen LogP contribution in [0, 0.1) is 5.82 Å². The second-order valence-corrected chi connectivity index (χ2v) is 9.84. The summed E-state index contributed by atoms with van der Waals surface area (Å²) in [6.45, 7) is 5.70. The molecular weight excluding hydrogens is 503 g/mol. The number of unbranched alkanes of at least 4 members (excludes halogenated alkanes) is 1. The van der Waals surface area contributed by atoms with Crippen LogP contribution in [0.2, 0.25) is 0 Å². The first kappa shape index (κ1) is 29.1. The molecule has 1 unspecified atom stereocenters. The number of carbonyl (C=O) groups is 3. The quantitative estimate of drug-likeness (QED) is 0.297. The minimum Gasteiger partial charge on any atom is -0.457 e. The highest BCUT2D eigenvalue weighted by Gasteiger charge is 2.20. The van der Waals surface area contributed by atoms with E-state index in [1.54, 1.807) is 63.2 Å². The van der Waals surface area contributed by atoms with Crippen molar-refractivity contribution in [3.63, 3.8) is 0 Å². The molecule has 0 aliphatic heterocycles. The molecule has 0 bridgehead atoms. The summed E-state index contributed by atoms with van der Waals surface area (Å²) in [7, 11) is 0. The summed E-state index contributed by atoms with van der Waals surface area (Å²) in [4.78, 5) is 40.9. The number of pyridine rings is 1. The Kier molecular flexibility index (Phi) is 9.97. The molecule has 1 atom stereocenters. The van der Waals surface area contributed by atoms with Crippen LogP contribution in [0.25, 0.3) is 11.3 Å². The molecule has 0 spiro atoms. The van der Waals surface area contributed by atoms with Crippen molar-refractivity contribution in [2.24, 2.45) is 5.73 Å². The molecular formula is C29H33FN4O5. The number of alkyl carbamates (subject to hydrolysis) is 1. The van der Waals surface area contributed by atoms with E-state index in [0.29, 0.717) is 43.0 Å². The molecule has 9 nitrogen and oxygen atoms in total. The Morgan fingerprint density at radius 3 is 2.21 bits per heavy atom. The molecule has 10 heteroatoms. The van der Waals surface area contributed by atoms with Gasteiger partial charge in [-0.2, -0.15) is 0 Å². The maximum absolute atomic E-state index is 13.1. The van der Waals surface area contributed by atoms with Crippen LogP contribution in [-0.4, -0.2) is 41.1 Å². The maximum Gasteiger partial charge on any atom is 0.407 e. The van der Waals surface area contributed by atoms with E-state index in [2.05, 4.69) is 15.6 Å². The fraction of sp³-hybridized carbons (Fsp3) is 0.310. The molecule has 3 rings (SSSR count). The van der Waals surface area contributed by atoms with Gasteiger partial charge in [0.05, 0.1) is 5.69 Å². The number of nitrogens with two attached hydrogens (primary N) is 1. The van der Waals surface area contributed by atoms with Gasteiger partial charge in [0.1, 0.15) is 34.7 Å². The third kappa shape index (κ3) is 9.73. The standard InChI is InChI=1S/C29H33FN4O5/c1-29(2,3)39-28(37)32-18-5-4-7-24(26(31)35)34-27(36)25-9-6-8-23(33-25)19-10-14-21(15-11-19)38-22-16-12-20(30)13-17-22/h6,8-17,24H,4-5,7,18H2,1-3H3,(H2,31,35)(H,32,37)(H,34,36). The summed E-state index contributed by atoms with van der Waals surface area (Å²) in [5, 5.41) is 5.30. The molecule has 0 aliphatic carbocycles. The van der Waals surface area contributed by atoms with Gasteiger partial charge in [0.2, 0.25) is 5.91 Å². The van der Waals surface area contributed by atoms with Crippen LogP contribution in [-0.2, 0) is 9.53 Å². The van der Waals surface area contributed by atoms with Crippen molar-refractivity contribution < 1.29 is 28.2 Å². The predicted molar refractivity (Wildman–Crippen MR) is 145 cm³/mol. The van der Waals surface area contributed by atoms with E-state index in [1.165, 1.54) is 24.3 Å². The van der Waals surface area contributed by atoms with E-state index >= 15 is 0 Å². The first-order chi connectivity index (χ1) is 18.5. The van der Waals surface area contributed by atoms with Gasteiger partial charge in [0.25, 0.3) is 5.91 Å². The number of benzene rings is 2. The lowest BCUT2D eigenvalue weighted by atomic mass is 10.1. The van der Waals surface area contributed by atoms with Gasteiger partial charge >= 0.3 is 6.09 Å². The van der Waals surface area contributed by atoms with Crippen LogP contribution in [0.1, 0.15) is 50.5 Å². The minimum atomic E-state index is -0.882. The Hall–Kier alpha value is -4.47. The number of nitrogens with zero attached hydrogens (tertiary/aromatic N) is 1. The molecule has 0 saturated carbocycles. The van der Waals surface area contributed by atoms with Crippen molar-refractivity contribution in [2.45, 2.75) is 51.7 Å². The molecule has 2 aromatic carbocycles. The van der Waals surface area contributed by atoms with E-state index in [-0.39, 0.29) is 11.5 Å². The highest BCUT2D eigenvalue weighted by atomic mass is 19.1. The van der Waals surface area contributed by atoms with E-state index < -0.39 is 29.6 Å². The van der Waals surface area contributed by atoms with Crippen molar-refractivity contribution >= 4 is 17.9 Å². The fourth-order valence-electron chi connectivity index (χ4n) is 3.55. The van der Waals surface area contributed by atoms with Crippen LogP contribution in [0.3, 0.4) is 0 Å². The third-order valence-corrected chi connectivity index (χ3v) is 5.42. The molecule has 0 radical (unpaired) electrons. The van der Waals surface area contributed by atoms with Gasteiger partial charge in [0, 0.05) is 12.1 Å². The van der Waals surface area contributed by atoms with E-state index in [4.69, 9.17) is 15.2 Å². The minimum absolute atomic E-state index is 0.136. The second kappa shape index (κ2) is 13.4. The summed E-state index contributed by atoms with van der Waals surface area (Å²) in [6.07, 6.45) is 0.923. The van der Waals surface area contributed by atoms with Crippen LogP contribution < -0.4 is 21.1 Å². The number of hydrogen-bond acceptors (Lipinski definition) is 6. The lowest BCUT2D eigenvalue weighted by Crippen LogP contribution is -2.44. The van der Waals surface area contributed by atoms with E-state index in [9.17, 15) is 18.8 Å². The highest BCUT2D eigenvalue weighted by Crippen LogP contribution is 2.25. The molecule has 3 aromatic rings. The van der Waals surface area contributed by atoms with E-state index in [1.807, 2.05) is 0 Å². The molecule has 1 heterocycles. The number of halogens is 1. The van der Waals surface area contributed by atoms with Crippen molar-refractivity contribution in [2.75, 3.05) is 6.54 Å². The summed E-state index contributed by atoms with van der Waals surface area (Å²) in [5.74, 6) is -0.461. The van der Waals surface area contributed by atoms with Crippen molar-refractivity contribution in [1.82, 2.24) is 15.6 Å². The molecule has 0 saturated heterocycles. The number of nitrogens with one attached hydrogen (secondary N) is 2. The van der Waals surface area contributed by atoms with Crippen molar-refractivity contribution in [3.8, 4) is 22.8 Å². The maximum atomic E-state index is 13.1. The number of hydrogen-bond donors (Lipinski definition) is 3. The zero-order chi connectivity index (χ0) is 28.4. The average Bonchev–Trinajstić information content (AvgIpc) is 2.88. The summed E-state index contributed by atoms with van der Waals surface area (Å²) in [6, 6.07) is 16.9. The summed E-state index contributed by atoms with van der Waals surface area (Å²) >= 11 is 0. The smallest absolute Gasteiger partial charge is 0.407 e. The first-order valence-corrected chi connectivity index (χ1v) is 12.6. The van der Waals surface area contributed by atoms with Crippen molar-refractivity contribution in [3.05, 3.63) is 78.2 Å². The monoisotopic (exact) mass is 536 g/mol. The molecule has 4 N–H and O–H groups in total. The first-order valence-electron chi connectivity index (χ1n) is 12.6. The van der Waals surface area contributed by atoms with Gasteiger partial charge in [-0.25, -0.2) is 14.2 Å². The number of rotatable bonds is 11. The number of aromatic nitrogens is 1. The van der Waals surface area contributed by atoms with Gasteiger partial charge in [-0.05, 0) is 101 Å². The lowest BCUT2D eigenvalue weighted by molar-refractivity contribution is -0.120. The number of carbonyl (C=O) groups excluding carboxylic acids is 3. The Bertz CT molecular complexity index is 1270. The Labute approximate surface area is 226 Å². The molecule has 39 heavy (non-hydrogen) atoms. The van der Waals surface area contributed by atoms with Crippen LogP contribution in [0.4, 0.5) is 9.18 Å². The molecule has 206 valence electrons. The topological polar surface area (TPSA) is 133 Å². The Morgan fingerprint density at radius 2 is 1.59 bits per heavy atom. The zero-order valence-corrected chi connectivity index (χ0v) is 22.2. The third-order valence-electron chi connectivity index (χ3n) is 5.42. The zero-order valence-electron chi connectivity index (χ0n) is 22.2. The molecule has 0 fully saturated rings. The SMILES string of the molecule is CC(C)(C)OC(=O)NCCCCC(NC(=O)c1cccc(-c2ccc(Oc3ccc(F)cc3)cc2)n1)C(N)=O. The highest BCUT2D eigenvalue weighted by molar-refractivity contribution is 5.96. The van der Waals surface area contributed by atoms with Gasteiger partial charge in [-0.1, -0.05) is 6.07 Å². The number of primary amides is 1. The van der Waals surface area contributed by atoms with Crippen LogP contribution in [0.5, 0.6) is 11.5 Å². The van der Waals surface area contributed by atoms with Gasteiger partial charge in [0.15, 0.2) is 0 Å².